The van der Waals surface area contributed by atoms with Gasteiger partial charge >= 0.3 is 0 Å². The van der Waals surface area contributed by atoms with Crippen molar-refractivity contribution in [3.05, 3.63) is 65.2 Å². The molecule has 1 heterocycles. The molecule has 34 heavy (non-hydrogen) atoms. The Balaban J connectivity index is 1.39. The SMILES string of the molecule is O=C(N[C@@H]1CCCC[C@H]1NC(=O)[C@@H]1CCCN(S(=O)(=O)c2ccc(Cl)cc2)C1)c1ccccc1. The van der Waals surface area contributed by atoms with E-state index in [2.05, 4.69) is 10.6 Å². The first-order valence-electron chi connectivity index (χ1n) is 11.8. The molecule has 2 N–H and O–H groups in total. The first kappa shape index (κ1) is 24.7. The summed E-state index contributed by atoms with van der Waals surface area (Å²) in [5.41, 5.74) is 0.591. The maximum atomic E-state index is 13.2. The summed E-state index contributed by atoms with van der Waals surface area (Å²) >= 11 is 5.90. The van der Waals surface area contributed by atoms with Gasteiger partial charge in [0.1, 0.15) is 0 Å². The van der Waals surface area contributed by atoms with Gasteiger partial charge in [0, 0.05) is 35.8 Å². The number of hydrogen-bond donors (Lipinski definition) is 2. The Kier molecular flexibility index (Phi) is 7.91. The minimum absolute atomic E-state index is 0.143. The average molecular weight is 504 g/mol. The molecule has 2 aliphatic rings. The molecule has 4 rings (SSSR count). The highest BCUT2D eigenvalue weighted by Gasteiger charge is 2.35. The fourth-order valence-corrected chi connectivity index (χ4v) is 6.40. The molecule has 2 amide bonds. The molecule has 3 atom stereocenters. The van der Waals surface area contributed by atoms with Gasteiger partial charge in [0.15, 0.2) is 0 Å². The predicted molar refractivity (Wildman–Crippen MR) is 131 cm³/mol. The van der Waals surface area contributed by atoms with Crippen molar-refractivity contribution in [1.82, 2.24) is 14.9 Å². The Hall–Kier alpha value is -2.42. The van der Waals surface area contributed by atoms with E-state index in [9.17, 15) is 18.0 Å². The first-order valence-corrected chi connectivity index (χ1v) is 13.6. The van der Waals surface area contributed by atoms with E-state index >= 15 is 0 Å². The van der Waals surface area contributed by atoms with E-state index in [-0.39, 0.29) is 35.3 Å². The number of hydrogen-bond acceptors (Lipinski definition) is 4. The van der Waals surface area contributed by atoms with E-state index < -0.39 is 15.9 Å². The van der Waals surface area contributed by atoms with Crippen LogP contribution < -0.4 is 10.6 Å². The highest BCUT2D eigenvalue weighted by molar-refractivity contribution is 7.89. The summed E-state index contributed by atoms with van der Waals surface area (Å²) in [6.07, 6.45) is 4.79. The molecule has 2 aromatic carbocycles. The van der Waals surface area contributed by atoms with E-state index in [1.165, 1.54) is 16.4 Å². The van der Waals surface area contributed by atoms with Crippen molar-refractivity contribution in [2.75, 3.05) is 13.1 Å². The summed E-state index contributed by atoms with van der Waals surface area (Å²) in [7, 11) is -3.70. The van der Waals surface area contributed by atoms with Crippen LogP contribution in [0, 0.1) is 5.92 Å². The molecule has 7 nitrogen and oxygen atoms in total. The lowest BCUT2D eigenvalue weighted by atomic mass is 9.89. The van der Waals surface area contributed by atoms with Crippen LogP contribution in [-0.2, 0) is 14.8 Å². The lowest BCUT2D eigenvalue weighted by molar-refractivity contribution is -0.127. The molecule has 0 unspecified atom stereocenters. The second-order valence-electron chi connectivity index (χ2n) is 9.00. The molecule has 2 fully saturated rings. The Labute approximate surface area is 205 Å². The number of rotatable bonds is 6. The van der Waals surface area contributed by atoms with Crippen LogP contribution in [0.15, 0.2) is 59.5 Å². The number of piperidine rings is 1. The van der Waals surface area contributed by atoms with Crippen LogP contribution >= 0.6 is 11.6 Å². The van der Waals surface area contributed by atoms with Gasteiger partial charge in [-0.1, -0.05) is 42.6 Å². The molecule has 0 bridgehead atoms. The van der Waals surface area contributed by atoms with Crippen LogP contribution in [0.4, 0.5) is 0 Å². The zero-order valence-electron chi connectivity index (χ0n) is 19.0. The number of nitrogens with zero attached hydrogens (tertiary/aromatic N) is 1. The summed E-state index contributed by atoms with van der Waals surface area (Å²) in [6, 6.07) is 14.8. The molecular weight excluding hydrogens is 474 g/mol. The Bertz CT molecular complexity index is 1110. The molecule has 0 aromatic heterocycles. The van der Waals surface area contributed by atoms with Crippen molar-refractivity contribution in [1.29, 1.82) is 0 Å². The quantitative estimate of drug-likeness (QED) is 0.629. The second-order valence-corrected chi connectivity index (χ2v) is 11.4. The van der Waals surface area contributed by atoms with Crippen molar-refractivity contribution in [2.45, 2.75) is 55.5 Å². The number of benzene rings is 2. The molecule has 1 aliphatic heterocycles. The number of amides is 2. The minimum Gasteiger partial charge on any atom is -0.351 e. The molecule has 0 radical (unpaired) electrons. The number of carbonyl (C=O) groups is 2. The van der Waals surface area contributed by atoms with Gasteiger partial charge in [0.2, 0.25) is 15.9 Å². The van der Waals surface area contributed by atoms with E-state index in [4.69, 9.17) is 11.6 Å². The molecule has 1 aliphatic carbocycles. The smallest absolute Gasteiger partial charge is 0.251 e. The summed E-state index contributed by atoms with van der Waals surface area (Å²) < 4.78 is 27.5. The first-order chi connectivity index (χ1) is 16.3. The van der Waals surface area contributed by atoms with E-state index in [1.807, 2.05) is 18.2 Å². The van der Waals surface area contributed by atoms with Gasteiger partial charge in [-0.2, -0.15) is 4.31 Å². The normalized spacial score (nSPS) is 23.7. The Morgan fingerprint density at radius 2 is 1.50 bits per heavy atom. The third kappa shape index (κ3) is 5.79. The zero-order chi connectivity index (χ0) is 24.1. The lowest BCUT2D eigenvalue weighted by Crippen LogP contribution is -2.55. The Morgan fingerprint density at radius 3 is 2.18 bits per heavy atom. The third-order valence-electron chi connectivity index (χ3n) is 6.65. The van der Waals surface area contributed by atoms with Crippen molar-refractivity contribution < 1.29 is 18.0 Å². The van der Waals surface area contributed by atoms with Crippen LogP contribution in [0.3, 0.4) is 0 Å². The number of sulfonamides is 1. The van der Waals surface area contributed by atoms with Crippen molar-refractivity contribution in [2.24, 2.45) is 5.92 Å². The fourth-order valence-electron chi connectivity index (χ4n) is 4.75. The van der Waals surface area contributed by atoms with Crippen LogP contribution in [0.2, 0.25) is 5.02 Å². The largest absolute Gasteiger partial charge is 0.351 e. The summed E-state index contributed by atoms with van der Waals surface area (Å²) in [5, 5.41) is 6.67. The number of halogens is 1. The van der Waals surface area contributed by atoms with Gasteiger partial charge < -0.3 is 10.6 Å². The molecule has 1 saturated carbocycles. The van der Waals surface area contributed by atoms with Gasteiger partial charge in [-0.3, -0.25) is 9.59 Å². The third-order valence-corrected chi connectivity index (χ3v) is 8.78. The van der Waals surface area contributed by atoms with Gasteiger partial charge in [-0.25, -0.2) is 8.42 Å². The number of carbonyl (C=O) groups excluding carboxylic acids is 2. The van der Waals surface area contributed by atoms with Crippen LogP contribution in [-0.4, -0.2) is 49.7 Å². The Morgan fingerprint density at radius 1 is 0.853 bits per heavy atom. The highest BCUT2D eigenvalue weighted by atomic mass is 35.5. The maximum absolute atomic E-state index is 13.2. The van der Waals surface area contributed by atoms with E-state index in [1.54, 1.807) is 24.3 Å². The van der Waals surface area contributed by atoms with Crippen molar-refractivity contribution >= 4 is 33.4 Å². The molecule has 2 aromatic rings. The molecular formula is C25H30ClN3O4S. The van der Waals surface area contributed by atoms with E-state index in [0.717, 1.165) is 25.7 Å². The monoisotopic (exact) mass is 503 g/mol. The average Bonchev–Trinajstić information content (AvgIpc) is 2.86. The van der Waals surface area contributed by atoms with Gasteiger partial charge in [-0.05, 0) is 62.1 Å². The van der Waals surface area contributed by atoms with Gasteiger partial charge in [0.25, 0.3) is 5.91 Å². The van der Waals surface area contributed by atoms with E-state index in [0.29, 0.717) is 30.0 Å². The zero-order valence-corrected chi connectivity index (χ0v) is 20.5. The van der Waals surface area contributed by atoms with Crippen LogP contribution in [0.25, 0.3) is 0 Å². The summed E-state index contributed by atoms with van der Waals surface area (Å²) in [5.74, 6) is -0.727. The maximum Gasteiger partial charge on any atom is 0.251 e. The summed E-state index contributed by atoms with van der Waals surface area (Å²) in [6.45, 7) is 0.526. The lowest BCUT2D eigenvalue weighted by Gasteiger charge is -2.36. The topological polar surface area (TPSA) is 95.6 Å². The second kappa shape index (κ2) is 10.9. The molecule has 1 saturated heterocycles. The van der Waals surface area contributed by atoms with Crippen LogP contribution in [0.5, 0.6) is 0 Å². The summed E-state index contributed by atoms with van der Waals surface area (Å²) in [4.78, 5) is 26.0. The minimum atomic E-state index is -3.70. The fraction of sp³-hybridized carbons (Fsp3) is 0.440. The molecule has 9 heteroatoms. The van der Waals surface area contributed by atoms with Gasteiger partial charge in [0.05, 0.1) is 10.8 Å². The highest BCUT2D eigenvalue weighted by Crippen LogP contribution is 2.26. The molecule has 0 spiro atoms. The van der Waals surface area contributed by atoms with Crippen molar-refractivity contribution in [3.8, 4) is 0 Å². The standard InChI is InChI=1S/C25H30ClN3O4S/c26-20-12-14-21(15-13-20)34(32,33)29-16-6-9-19(17-29)25(31)28-23-11-5-4-10-22(23)27-24(30)18-7-2-1-3-8-18/h1-3,7-8,12-15,19,22-23H,4-6,9-11,16-17H2,(H,27,30)(H,28,31)/t19-,22-,23-/m1/s1. The van der Waals surface area contributed by atoms with Crippen LogP contribution in [0.1, 0.15) is 48.9 Å². The molecule has 182 valence electrons. The van der Waals surface area contributed by atoms with Gasteiger partial charge in [-0.15, -0.1) is 0 Å². The van der Waals surface area contributed by atoms with Crippen molar-refractivity contribution in [3.63, 3.8) is 0 Å². The number of nitrogens with one attached hydrogen (secondary N) is 2. The predicted octanol–water partition coefficient (Wildman–Crippen LogP) is 3.60.